The number of carbonyl (C=O) groups excluding carboxylic acids is 1. The van der Waals surface area contributed by atoms with E-state index in [1.54, 1.807) is 12.0 Å². The van der Waals surface area contributed by atoms with Crippen molar-refractivity contribution in [3.63, 3.8) is 0 Å². The number of benzene rings is 2. The van der Waals surface area contributed by atoms with Gasteiger partial charge in [0.1, 0.15) is 17.4 Å². The normalized spacial score (nSPS) is 14.5. The Morgan fingerprint density at radius 3 is 2.28 bits per heavy atom. The summed E-state index contributed by atoms with van der Waals surface area (Å²) in [7, 11) is 1.63. The third-order valence-electron chi connectivity index (χ3n) is 6.39. The summed E-state index contributed by atoms with van der Waals surface area (Å²) >= 11 is 0. The van der Waals surface area contributed by atoms with Crippen molar-refractivity contribution in [1.82, 2.24) is 14.9 Å². The number of aromatic nitrogens is 2. The summed E-state index contributed by atoms with van der Waals surface area (Å²) in [5.74, 6) is 2.07. The van der Waals surface area contributed by atoms with Gasteiger partial charge in [-0.2, -0.15) is 13.2 Å². The minimum Gasteiger partial charge on any atom is -0.497 e. The van der Waals surface area contributed by atoms with Crippen LogP contribution in [0.5, 0.6) is 5.75 Å². The van der Waals surface area contributed by atoms with Crippen LogP contribution >= 0.6 is 0 Å². The molecule has 0 aliphatic carbocycles. The highest BCUT2D eigenvalue weighted by atomic mass is 19.4. The fourth-order valence-corrected chi connectivity index (χ4v) is 4.45. The molecule has 36 heavy (non-hydrogen) atoms. The maximum Gasteiger partial charge on any atom is 0.416 e. The van der Waals surface area contributed by atoms with Gasteiger partial charge >= 0.3 is 6.18 Å². The molecule has 1 aromatic heterocycles. The number of ether oxygens (including phenoxy) is 1. The summed E-state index contributed by atoms with van der Waals surface area (Å²) in [4.78, 5) is 26.3. The second kappa shape index (κ2) is 10.6. The molecule has 0 unspecified atom stereocenters. The Hall–Kier alpha value is -3.62. The predicted octanol–water partition coefficient (Wildman–Crippen LogP) is 5.06. The smallest absolute Gasteiger partial charge is 0.416 e. The second-order valence-electron chi connectivity index (χ2n) is 8.89. The molecule has 1 fully saturated rings. The van der Waals surface area contributed by atoms with E-state index in [4.69, 9.17) is 9.72 Å². The number of amides is 1. The van der Waals surface area contributed by atoms with Crippen LogP contribution in [0.2, 0.25) is 0 Å². The zero-order valence-electron chi connectivity index (χ0n) is 20.6. The molecule has 4 rings (SSSR count). The first-order valence-electron chi connectivity index (χ1n) is 11.8. The molecule has 1 saturated heterocycles. The van der Waals surface area contributed by atoms with Crippen LogP contribution in [-0.2, 0) is 12.6 Å². The Morgan fingerprint density at radius 1 is 0.944 bits per heavy atom. The number of methoxy groups -OCH3 is 1. The number of anilines is 1. The van der Waals surface area contributed by atoms with E-state index in [2.05, 4.69) is 9.88 Å². The largest absolute Gasteiger partial charge is 0.497 e. The van der Waals surface area contributed by atoms with Crippen molar-refractivity contribution in [2.75, 3.05) is 38.2 Å². The van der Waals surface area contributed by atoms with Crippen molar-refractivity contribution in [3.05, 3.63) is 82.3 Å². The number of alkyl halides is 3. The lowest BCUT2D eigenvalue weighted by atomic mass is 10.0. The highest BCUT2D eigenvalue weighted by Gasteiger charge is 2.31. The molecule has 9 heteroatoms. The molecule has 1 aliphatic rings. The van der Waals surface area contributed by atoms with Gasteiger partial charge in [0.25, 0.3) is 5.91 Å². The molecule has 0 saturated carbocycles. The van der Waals surface area contributed by atoms with Crippen LogP contribution < -0.4 is 9.64 Å². The molecule has 6 nitrogen and oxygen atoms in total. The van der Waals surface area contributed by atoms with Crippen molar-refractivity contribution < 1.29 is 22.7 Å². The summed E-state index contributed by atoms with van der Waals surface area (Å²) in [6, 6.07) is 12.3. The lowest BCUT2D eigenvalue weighted by molar-refractivity contribution is -0.137. The summed E-state index contributed by atoms with van der Waals surface area (Å²) in [6.07, 6.45) is -3.05. The molecule has 1 aliphatic heterocycles. The molecule has 0 bridgehead atoms. The summed E-state index contributed by atoms with van der Waals surface area (Å²) in [5, 5.41) is 0. The van der Waals surface area contributed by atoms with Crippen LogP contribution in [0.4, 0.5) is 19.0 Å². The fraction of sp³-hybridized carbons (Fsp3) is 0.370. The third kappa shape index (κ3) is 5.78. The zero-order chi connectivity index (χ0) is 25.9. The number of hydrogen-bond acceptors (Lipinski definition) is 5. The van der Waals surface area contributed by atoms with Gasteiger partial charge in [0.2, 0.25) is 0 Å². The van der Waals surface area contributed by atoms with E-state index in [0.29, 0.717) is 38.4 Å². The van der Waals surface area contributed by atoms with E-state index in [1.165, 1.54) is 12.1 Å². The highest BCUT2D eigenvalue weighted by Crippen LogP contribution is 2.30. The molecule has 0 radical (unpaired) electrons. The molecule has 2 heterocycles. The van der Waals surface area contributed by atoms with Crippen LogP contribution in [0.1, 0.15) is 45.0 Å². The fourth-order valence-electron chi connectivity index (χ4n) is 4.45. The third-order valence-corrected chi connectivity index (χ3v) is 6.39. The number of rotatable bonds is 5. The average Bonchev–Trinajstić information content (AvgIpc) is 3.11. The van der Waals surface area contributed by atoms with Gasteiger partial charge in [-0.3, -0.25) is 4.79 Å². The molecule has 190 valence electrons. The first-order valence-corrected chi connectivity index (χ1v) is 11.8. The quantitative estimate of drug-likeness (QED) is 0.492. The Labute approximate surface area is 208 Å². The molecular formula is C27H29F3N4O2. The number of halogens is 3. The van der Waals surface area contributed by atoms with Gasteiger partial charge in [-0.25, -0.2) is 9.97 Å². The van der Waals surface area contributed by atoms with Gasteiger partial charge in [-0.15, -0.1) is 0 Å². The van der Waals surface area contributed by atoms with Crippen LogP contribution in [0.15, 0.2) is 48.5 Å². The number of aryl methyl sites for hydroxylation is 2. The maximum atomic E-state index is 13.0. The van der Waals surface area contributed by atoms with E-state index in [-0.39, 0.29) is 11.5 Å². The Bertz CT molecular complexity index is 1210. The Balaban J connectivity index is 1.51. The molecule has 3 aromatic rings. The van der Waals surface area contributed by atoms with Gasteiger partial charge < -0.3 is 14.5 Å². The predicted molar refractivity (Wildman–Crippen MR) is 131 cm³/mol. The van der Waals surface area contributed by atoms with Gasteiger partial charge in [0.05, 0.1) is 12.7 Å². The molecular weight excluding hydrogens is 469 g/mol. The Morgan fingerprint density at radius 2 is 1.64 bits per heavy atom. The lowest BCUT2D eigenvalue weighted by Gasteiger charge is -2.26. The topological polar surface area (TPSA) is 58.6 Å². The number of carbonyl (C=O) groups is 1. The van der Waals surface area contributed by atoms with Gasteiger partial charge in [-0.05, 0) is 62.2 Å². The van der Waals surface area contributed by atoms with Gasteiger partial charge in [0.15, 0.2) is 0 Å². The standard InChI is InChI=1S/C27H29F3N4O2/c1-18-24(17-20-5-11-23(36-3)12-6-20)25(32-19(2)31-18)33-13-4-14-34(16-15-33)26(35)21-7-9-22(10-8-21)27(28,29)30/h5-12H,4,13-17H2,1-3H3. The lowest BCUT2D eigenvalue weighted by Crippen LogP contribution is -2.35. The molecule has 0 spiro atoms. The molecule has 2 aromatic carbocycles. The van der Waals surface area contributed by atoms with E-state index < -0.39 is 11.7 Å². The van der Waals surface area contributed by atoms with E-state index in [0.717, 1.165) is 46.9 Å². The first-order chi connectivity index (χ1) is 17.2. The van der Waals surface area contributed by atoms with Crippen LogP contribution in [0, 0.1) is 13.8 Å². The average molecular weight is 499 g/mol. The van der Waals surface area contributed by atoms with E-state index in [1.807, 2.05) is 38.1 Å². The van der Waals surface area contributed by atoms with Crippen molar-refractivity contribution >= 4 is 11.7 Å². The van der Waals surface area contributed by atoms with Crippen molar-refractivity contribution in [1.29, 1.82) is 0 Å². The number of nitrogens with zero attached hydrogens (tertiary/aromatic N) is 4. The van der Waals surface area contributed by atoms with Crippen LogP contribution in [-0.4, -0.2) is 54.1 Å². The summed E-state index contributed by atoms with van der Waals surface area (Å²) < 4.78 is 43.9. The minimum absolute atomic E-state index is 0.255. The second-order valence-corrected chi connectivity index (χ2v) is 8.89. The molecule has 0 atom stereocenters. The van der Waals surface area contributed by atoms with Crippen LogP contribution in [0.3, 0.4) is 0 Å². The minimum atomic E-state index is -4.43. The van der Waals surface area contributed by atoms with Crippen molar-refractivity contribution in [2.45, 2.75) is 32.9 Å². The summed E-state index contributed by atoms with van der Waals surface area (Å²) in [6.45, 7) is 6.10. The monoisotopic (exact) mass is 498 g/mol. The first kappa shape index (κ1) is 25.5. The SMILES string of the molecule is COc1ccc(Cc2c(C)nc(C)nc2N2CCCN(C(=O)c3ccc(C(F)(F)F)cc3)CC2)cc1. The molecule has 1 amide bonds. The van der Waals surface area contributed by atoms with E-state index >= 15 is 0 Å². The Kier molecular flexibility index (Phi) is 7.47. The molecule has 0 N–H and O–H groups in total. The maximum absolute atomic E-state index is 13.0. The number of hydrogen-bond donors (Lipinski definition) is 0. The zero-order valence-corrected chi connectivity index (χ0v) is 20.6. The highest BCUT2D eigenvalue weighted by molar-refractivity contribution is 5.94. The van der Waals surface area contributed by atoms with E-state index in [9.17, 15) is 18.0 Å². The van der Waals surface area contributed by atoms with Crippen LogP contribution in [0.25, 0.3) is 0 Å². The van der Waals surface area contributed by atoms with Gasteiger partial charge in [-0.1, -0.05) is 12.1 Å². The summed E-state index contributed by atoms with van der Waals surface area (Å²) in [5.41, 5.74) is 2.55. The van der Waals surface area contributed by atoms with Gasteiger partial charge in [0, 0.05) is 49.4 Å². The van der Waals surface area contributed by atoms with Crippen molar-refractivity contribution in [3.8, 4) is 5.75 Å². The van der Waals surface area contributed by atoms with Crippen molar-refractivity contribution in [2.24, 2.45) is 0 Å².